The number of rotatable bonds is 6. The zero-order chi connectivity index (χ0) is 18.5. The molecule has 0 aliphatic heterocycles. The Kier molecular flexibility index (Phi) is 5.82. The van der Waals surface area contributed by atoms with Crippen LogP contribution in [-0.2, 0) is 4.79 Å². The monoisotopic (exact) mass is 353 g/mol. The summed E-state index contributed by atoms with van der Waals surface area (Å²) in [5.41, 5.74) is 2.94. The van der Waals surface area contributed by atoms with E-state index in [0.717, 1.165) is 35.6 Å². The summed E-state index contributed by atoms with van der Waals surface area (Å²) in [6, 6.07) is 13.5. The minimum absolute atomic E-state index is 0.172. The van der Waals surface area contributed by atoms with Crippen molar-refractivity contribution in [1.82, 2.24) is 0 Å². The summed E-state index contributed by atoms with van der Waals surface area (Å²) in [5.74, 6) is 1.42. The zero-order valence-electron chi connectivity index (χ0n) is 15.7. The van der Waals surface area contributed by atoms with E-state index in [1.165, 1.54) is 18.4 Å². The van der Waals surface area contributed by atoms with E-state index in [2.05, 4.69) is 5.32 Å². The molecule has 138 valence electrons. The van der Waals surface area contributed by atoms with Crippen LogP contribution in [0.25, 0.3) is 0 Å². The highest BCUT2D eigenvalue weighted by molar-refractivity contribution is 5.94. The van der Waals surface area contributed by atoms with Gasteiger partial charge < -0.3 is 14.8 Å². The van der Waals surface area contributed by atoms with E-state index in [1.54, 1.807) is 6.92 Å². The molecule has 1 aliphatic rings. The number of benzene rings is 2. The molecule has 1 unspecified atom stereocenters. The first-order chi connectivity index (χ1) is 12.5. The molecule has 1 atom stereocenters. The van der Waals surface area contributed by atoms with Crippen molar-refractivity contribution in [3.05, 3.63) is 53.6 Å². The van der Waals surface area contributed by atoms with Gasteiger partial charge in [-0.3, -0.25) is 4.79 Å². The number of hydrogen-bond acceptors (Lipinski definition) is 3. The maximum absolute atomic E-state index is 12.4. The van der Waals surface area contributed by atoms with Crippen molar-refractivity contribution < 1.29 is 14.3 Å². The Morgan fingerprint density at radius 1 is 1.08 bits per heavy atom. The Labute approximate surface area is 155 Å². The van der Waals surface area contributed by atoms with Crippen LogP contribution >= 0.6 is 0 Å². The lowest BCUT2D eigenvalue weighted by molar-refractivity contribution is -0.122. The molecule has 0 heterocycles. The summed E-state index contributed by atoms with van der Waals surface area (Å²) in [7, 11) is 0. The maximum Gasteiger partial charge on any atom is 0.265 e. The molecule has 0 aromatic heterocycles. The van der Waals surface area contributed by atoms with Crippen molar-refractivity contribution in [2.24, 2.45) is 0 Å². The van der Waals surface area contributed by atoms with Gasteiger partial charge in [-0.15, -0.1) is 0 Å². The molecule has 1 amide bonds. The first kappa shape index (κ1) is 18.3. The van der Waals surface area contributed by atoms with Gasteiger partial charge in [0.1, 0.15) is 11.5 Å². The van der Waals surface area contributed by atoms with Crippen LogP contribution in [0.1, 0.15) is 43.7 Å². The third kappa shape index (κ3) is 4.78. The Bertz CT molecular complexity index is 748. The molecule has 1 N–H and O–H groups in total. The van der Waals surface area contributed by atoms with Crippen molar-refractivity contribution in [1.29, 1.82) is 0 Å². The van der Waals surface area contributed by atoms with Gasteiger partial charge in [0, 0.05) is 5.69 Å². The lowest BCUT2D eigenvalue weighted by atomic mass is 10.1. The molecule has 0 saturated heterocycles. The van der Waals surface area contributed by atoms with Crippen LogP contribution < -0.4 is 14.8 Å². The predicted octanol–water partition coefficient (Wildman–Crippen LogP) is 5.03. The summed E-state index contributed by atoms with van der Waals surface area (Å²) >= 11 is 0. The van der Waals surface area contributed by atoms with Gasteiger partial charge in [-0.1, -0.05) is 17.7 Å². The Morgan fingerprint density at radius 3 is 2.42 bits per heavy atom. The van der Waals surface area contributed by atoms with Gasteiger partial charge in [0.2, 0.25) is 0 Å². The molecule has 2 aromatic rings. The van der Waals surface area contributed by atoms with Gasteiger partial charge in [0.05, 0.1) is 6.10 Å². The van der Waals surface area contributed by atoms with Crippen LogP contribution in [0.5, 0.6) is 11.5 Å². The number of carbonyl (C=O) groups excluding carboxylic acids is 1. The summed E-state index contributed by atoms with van der Waals surface area (Å²) in [6.07, 6.45) is 4.51. The number of nitrogens with one attached hydrogen (secondary N) is 1. The van der Waals surface area contributed by atoms with Crippen molar-refractivity contribution in [3.8, 4) is 11.5 Å². The molecular weight excluding hydrogens is 326 g/mol. The maximum atomic E-state index is 12.4. The summed E-state index contributed by atoms with van der Waals surface area (Å²) < 4.78 is 11.8. The highest BCUT2D eigenvalue weighted by Gasteiger charge is 2.18. The lowest BCUT2D eigenvalue weighted by Crippen LogP contribution is -2.30. The van der Waals surface area contributed by atoms with E-state index in [1.807, 2.05) is 56.3 Å². The molecule has 1 aliphatic carbocycles. The lowest BCUT2D eigenvalue weighted by Gasteiger charge is -2.17. The average molecular weight is 353 g/mol. The van der Waals surface area contributed by atoms with Gasteiger partial charge in [-0.2, -0.15) is 0 Å². The second kappa shape index (κ2) is 8.26. The fourth-order valence-corrected chi connectivity index (χ4v) is 3.23. The Balaban J connectivity index is 1.54. The van der Waals surface area contributed by atoms with Crippen molar-refractivity contribution in [3.63, 3.8) is 0 Å². The molecule has 1 saturated carbocycles. The molecule has 4 heteroatoms. The highest BCUT2D eigenvalue weighted by Crippen LogP contribution is 2.25. The van der Waals surface area contributed by atoms with Gasteiger partial charge in [0.25, 0.3) is 5.91 Å². The molecule has 4 nitrogen and oxygen atoms in total. The minimum Gasteiger partial charge on any atom is -0.490 e. The van der Waals surface area contributed by atoms with E-state index in [0.29, 0.717) is 6.10 Å². The molecule has 26 heavy (non-hydrogen) atoms. The molecule has 1 fully saturated rings. The summed E-state index contributed by atoms with van der Waals surface area (Å²) in [6.45, 7) is 5.77. The van der Waals surface area contributed by atoms with E-state index in [9.17, 15) is 4.79 Å². The molecular formula is C22H27NO3. The number of amides is 1. The third-order valence-electron chi connectivity index (χ3n) is 4.73. The van der Waals surface area contributed by atoms with Gasteiger partial charge in [-0.25, -0.2) is 0 Å². The average Bonchev–Trinajstić information content (AvgIpc) is 3.12. The summed E-state index contributed by atoms with van der Waals surface area (Å²) in [5, 5.41) is 2.89. The Morgan fingerprint density at radius 2 is 1.77 bits per heavy atom. The van der Waals surface area contributed by atoms with Crippen LogP contribution in [0, 0.1) is 13.8 Å². The van der Waals surface area contributed by atoms with E-state index >= 15 is 0 Å². The fourth-order valence-electron chi connectivity index (χ4n) is 3.23. The quantitative estimate of drug-likeness (QED) is 0.792. The van der Waals surface area contributed by atoms with Gasteiger partial charge in [0.15, 0.2) is 6.10 Å². The van der Waals surface area contributed by atoms with Crippen molar-refractivity contribution in [2.45, 2.75) is 58.7 Å². The van der Waals surface area contributed by atoms with E-state index < -0.39 is 6.10 Å². The van der Waals surface area contributed by atoms with Crippen LogP contribution in [0.15, 0.2) is 42.5 Å². The topological polar surface area (TPSA) is 47.6 Å². The second-order valence-corrected chi connectivity index (χ2v) is 7.07. The SMILES string of the molecule is Cc1ccc(OC(C)C(=O)Nc2ccc(OC3CCCC3)cc2)c(C)c1. The number of ether oxygens (including phenoxy) is 2. The third-order valence-corrected chi connectivity index (χ3v) is 4.73. The van der Waals surface area contributed by atoms with E-state index in [4.69, 9.17) is 9.47 Å². The molecule has 3 rings (SSSR count). The second-order valence-electron chi connectivity index (χ2n) is 7.07. The van der Waals surface area contributed by atoms with Crippen LogP contribution in [0.3, 0.4) is 0 Å². The van der Waals surface area contributed by atoms with E-state index in [-0.39, 0.29) is 5.91 Å². The highest BCUT2D eigenvalue weighted by atomic mass is 16.5. The standard InChI is InChI=1S/C22H27NO3/c1-15-8-13-21(16(2)14-15)25-17(3)22(24)23-18-9-11-20(12-10-18)26-19-6-4-5-7-19/h8-14,17,19H,4-7H2,1-3H3,(H,23,24). The number of carbonyl (C=O) groups is 1. The van der Waals surface area contributed by atoms with Gasteiger partial charge in [-0.05, 0) is 82.3 Å². The normalized spacial score (nSPS) is 15.5. The van der Waals surface area contributed by atoms with Crippen molar-refractivity contribution >= 4 is 11.6 Å². The minimum atomic E-state index is -0.578. The van der Waals surface area contributed by atoms with Crippen molar-refractivity contribution in [2.75, 3.05) is 5.32 Å². The largest absolute Gasteiger partial charge is 0.490 e. The van der Waals surface area contributed by atoms with Crippen LogP contribution in [0.2, 0.25) is 0 Å². The smallest absolute Gasteiger partial charge is 0.265 e. The molecule has 2 aromatic carbocycles. The fraction of sp³-hybridized carbons (Fsp3) is 0.409. The number of hydrogen-bond donors (Lipinski definition) is 1. The van der Waals surface area contributed by atoms with Crippen LogP contribution in [-0.4, -0.2) is 18.1 Å². The first-order valence-corrected chi connectivity index (χ1v) is 9.33. The van der Waals surface area contributed by atoms with Gasteiger partial charge >= 0.3 is 0 Å². The number of anilines is 1. The molecule has 0 radical (unpaired) electrons. The molecule has 0 bridgehead atoms. The summed E-state index contributed by atoms with van der Waals surface area (Å²) in [4.78, 5) is 12.4. The zero-order valence-corrected chi connectivity index (χ0v) is 15.7. The van der Waals surface area contributed by atoms with Crippen LogP contribution in [0.4, 0.5) is 5.69 Å². The Hall–Kier alpha value is -2.49. The first-order valence-electron chi connectivity index (χ1n) is 9.33. The molecule has 0 spiro atoms. The number of aryl methyl sites for hydroxylation is 2. The predicted molar refractivity (Wildman–Crippen MR) is 104 cm³/mol.